The maximum atomic E-state index is 13.0. The molecule has 12 nitrogen and oxygen atoms in total. The molecule has 0 aliphatic carbocycles. The van der Waals surface area contributed by atoms with Gasteiger partial charge in [0.1, 0.15) is 5.60 Å². The van der Waals surface area contributed by atoms with Gasteiger partial charge in [-0.3, -0.25) is 19.0 Å². The van der Waals surface area contributed by atoms with Crippen LogP contribution in [0.4, 0.5) is 13.6 Å². The topological polar surface area (TPSA) is 141 Å². The molecule has 0 saturated heterocycles. The summed E-state index contributed by atoms with van der Waals surface area (Å²) in [4.78, 5) is 37.7. The van der Waals surface area contributed by atoms with Crippen molar-refractivity contribution in [3.63, 3.8) is 0 Å². The first kappa shape index (κ1) is 33.0. The Balaban J connectivity index is 0.000000416. The van der Waals surface area contributed by atoms with Crippen LogP contribution in [-0.2, 0) is 17.8 Å². The Bertz CT molecular complexity index is 1160. The highest BCUT2D eigenvalue weighted by molar-refractivity contribution is 5.93. The highest BCUT2D eigenvalue weighted by Crippen LogP contribution is 2.08. The molecular formula is C25H38F2N8O4. The molecule has 2 rings (SSSR count). The number of halogens is 2. The number of nitrogens with zero attached hydrogens (tertiary/aromatic N) is 6. The molecule has 0 bridgehead atoms. The molecule has 0 radical (unpaired) electrons. The van der Waals surface area contributed by atoms with Gasteiger partial charge in [0.15, 0.2) is 0 Å². The van der Waals surface area contributed by atoms with E-state index in [-0.39, 0.29) is 38.0 Å². The van der Waals surface area contributed by atoms with Crippen LogP contribution < -0.4 is 11.1 Å². The largest absolute Gasteiger partial charge is 0.444 e. The Hall–Kier alpha value is -4.07. The summed E-state index contributed by atoms with van der Waals surface area (Å²) in [6, 6.07) is 0. The number of amides is 3. The molecule has 3 amide bonds. The van der Waals surface area contributed by atoms with Gasteiger partial charge in [-0.1, -0.05) is 0 Å². The molecule has 3 N–H and O–H groups in total. The molecule has 0 aliphatic heterocycles. The van der Waals surface area contributed by atoms with Gasteiger partial charge in [0.2, 0.25) is 0 Å². The van der Waals surface area contributed by atoms with Crippen molar-refractivity contribution in [1.82, 2.24) is 34.7 Å². The lowest BCUT2D eigenvalue weighted by molar-refractivity contribution is 0.0531. The fourth-order valence-corrected chi connectivity index (χ4v) is 2.83. The number of carbonyl (C=O) groups excluding carboxylic acids is 3. The fraction of sp³-hybridized carbons (Fsp3) is 0.480. The predicted molar refractivity (Wildman–Crippen MR) is 142 cm³/mol. The summed E-state index contributed by atoms with van der Waals surface area (Å²) in [5, 5.41) is 10.4. The number of alkyl carbamates (subject to hydrolysis) is 1. The lowest BCUT2D eigenvalue weighted by Crippen LogP contribution is -2.34. The van der Waals surface area contributed by atoms with Crippen LogP contribution in [0, 0.1) is 0 Å². The van der Waals surface area contributed by atoms with Crippen molar-refractivity contribution in [2.75, 3.05) is 41.3 Å². The van der Waals surface area contributed by atoms with E-state index < -0.39 is 11.7 Å². The van der Waals surface area contributed by atoms with Gasteiger partial charge in [-0.25, -0.2) is 13.6 Å². The van der Waals surface area contributed by atoms with Crippen molar-refractivity contribution in [1.29, 1.82) is 0 Å². The van der Waals surface area contributed by atoms with Gasteiger partial charge in [-0.15, -0.1) is 0 Å². The second-order valence-corrected chi connectivity index (χ2v) is 9.85. The van der Waals surface area contributed by atoms with Gasteiger partial charge >= 0.3 is 6.09 Å². The quantitative estimate of drug-likeness (QED) is 0.487. The van der Waals surface area contributed by atoms with Gasteiger partial charge in [0, 0.05) is 53.7 Å². The summed E-state index contributed by atoms with van der Waals surface area (Å²) in [5.74, 6) is -0.321. The number of ether oxygens (including phenoxy) is 1. The molecule has 2 aromatic heterocycles. The van der Waals surface area contributed by atoms with Crippen LogP contribution in [0.15, 0.2) is 48.6 Å². The van der Waals surface area contributed by atoms with Crippen molar-refractivity contribution in [3.8, 4) is 0 Å². The van der Waals surface area contributed by atoms with E-state index in [1.165, 1.54) is 37.8 Å². The Kier molecular flexibility index (Phi) is 13.0. The number of hydrogen-bond acceptors (Lipinski definition) is 7. The normalized spacial score (nSPS) is 11.8. The summed E-state index contributed by atoms with van der Waals surface area (Å²) in [7, 11) is 6.59. The van der Waals surface area contributed by atoms with Crippen LogP contribution in [-0.4, -0.2) is 94.1 Å². The maximum Gasteiger partial charge on any atom is 0.407 e. The zero-order valence-corrected chi connectivity index (χ0v) is 23.4. The Labute approximate surface area is 227 Å². The molecule has 0 saturated carbocycles. The zero-order valence-electron chi connectivity index (χ0n) is 23.4. The van der Waals surface area contributed by atoms with E-state index in [9.17, 15) is 23.2 Å². The van der Waals surface area contributed by atoms with Crippen molar-refractivity contribution < 1.29 is 27.9 Å². The van der Waals surface area contributed by atoms with Crippen LogP contribution in [0.2, 0.25) is 0 Å². The molecular weight excluding hydrogens is 514 g/mol. The summed E-state index contributed by atoms with van der Waals surface area (Å²) in [6.07, 6.45) is 6.22. The molecule has 0 fully saturated rings. The van der Waals surface area contributed by atoms with Crippen molar-refractivity contribution in [2.45, 2.75) is 39.5 Å². The van der Waals surface area contributed by atoms with Gasteiger partial charge < -0.3 is 25.6 Å². The van der Waals surface area contributed by atoms with Crippen LogP contribution in [0.1, 0.15) is 41.5 Å². The highest BCUT2D eigenvalue weighted by atomic mass is 19.1. The first-order valence-corrected chi connectivity index (χ1v) is 11.9. The Morgan fingerprint density at radius 1 is 0.923 bits per heavy atom. The maximum absolute atomic E-state index is 13.0. The molecule has 14 heteroatoms. The van der Waals surface area contributed by atoms with E-state index in [1.54, 1.807) is 55.2 Å². The average molecular weight is 553 g/mol. The minimum atomic E-state index is -0.624. The molecule has 0 aromatic carbocycles. The van der Waals surface area contributed by atoms with Crippen LogP contribution in [0.5, 0.6) is 0 Å². The van der Waals surface area contributed by atoms with Crippen LogP contribution >= 0.6 is 0 Å². The van der Waals surface area contributed by atoms with Crippen LogP contribution in [0.3, 0.4) is 0 Å². The lowest BCUT2D eigenvalue weighted by Gasteiger charge is -2.20. The molecule has 0 unspecified atom stereocenters. The third-order valence-electron chi connectivity index (χ3n) is 4.73. The van der Waals surface area contributed by atoms with E-state index in [4.69, 9.17) is 10.5 Å². The van der Waals surface area contributed by atoms with E-state index in [2.05, 4.69) is 15.5 Å². The molecule has 216 valence electrons. The molecule has 0 aliphatic rings. The summed E-state index contributed by atoms with van der Waals surface area (Å²) in [6.45, 7) is 5.72. The first-order valence-electron chi connectivity index (χ1n) is 11.9. The van der Waals surface area contributed by atoms with Gasteiger partial charge in [-0.05, 0) is 31.9 Å². The lowest BCUT2D eigenvalue weighted by atomic mass is 10.2. The molecule has 0 spiro atoms. The van der Waals surface area contributed by atoms with Gasteiger partial charge in [0.05, 0.1) is 49.3 Å². The van der Waals surface area contributed by atoms with E-state index in [0.717, 1.165) is 0 Å². The van der Waals surface area contributed by atoms with Crippen molar-refractivity contribution >= 4 is 17.9 Å². The van der Waals surface area contributed by atoms with Crippen molar-refractivity contribution in [3.05, 3.63) is 59.7 Å². The van der Waals surface area contributed by atoms with Crippen molar-refractivity contribution in [2.24, 2.45) is 5.73 Å². The third-order valence-corrected chi connectivity index (χ3v) is 4.73. The SMILES string of the molecule is CN(C)C(=O)c1cnn(C/C(=C/F)CN)c1.CN(C)C(=O)c1cnn(C/C(=C/F)CNC(=O)OC(C)(C)C)c1. The minimum Gasteiger partial charge on any atom is -0.444 e. The molecule has 2 heterocycles. The average Bonchev–Trinajstić information content (AvgIpc) is 3.53. The third kappa shape index (κ3) is 11.9. The van der Waals surface area contributed by atoms with Gasteiger partial charge in [-0.2, -0.15) is 10.2 Å². The van der Waals surface area contributed by atoms with E-state index in [1.807, 2.05) is 0 Å². The smallest absolute Gasteiger partial charge is 0.407 e. The number of hydrogen-bond donors (Lipinski definition) is 2. The van der Waals surface area contributed by atoms with Gasteiger partial charge in [0.25, 0.3) is 11.8 Å². The summed E-state index contributed by atoms with van der Waals surface area (Å²) >= 11 is 0. The summed E-state index contributed by atoms with van der Waals surface area (Å²) in [5.41, 5.74) is 6.30. The van der Waals surface area contributed by atoms with E-state index >= 15 is 0 Å². The van der Waals surface area contributed by atoms with Crippen LogP contribution in [0.25, 0.3) is 0 Å². The van der Waals surface area contributed by atoms with E-state index in [0.29, 0.717) is 34.9 Å². The zero-order chi connectivity index (χ0) is 29.8. The number of carbonyl (C=O) groups is 3. The summed E-state index contributed by atoms with van der Waals surface area (Å²) < 4.78 is 33.2. The Morgan fingerprint density at radius 3 is 1.72 bits per heavy atom. The standard InChI is InChI=1S/C15H23FN4O3.C10H15FN4O/c1-15(2,3)23-14(22)17-7-11(6-16)9-20-10-12(8-18-20)13(21)19(4)5;1-14(2)10(16)9-5-13-15(7-9)6-8(3-11)4-12/h6,8,10H,7,9H2,1-5H3,(H,17,22);3,5,7H,4,6,12H2,1-2H3/b11-6+;8-3+. The highest BCUT2D eigenvalue weighted by Gasteiger charge is 2.17. The Morgan fingerprint density at radius 2 is 1.36 bits per heavy atom. The minimum absolute atomic E-state index is 0.0117. The monoisotopic (exact) mass is 552 g/mol. The second-order valence-electron chi connectivity index (χ2n) is 9.85. The molecule has 2 aromatic rings. The number of nitrogens with one attached hydrogen (secondary N) is 1. The number of aromatic nitrogens is 4. The second kappa shape index (κ2) is 15.4. The fourth-order valence-electron chi connectivity index (χ4n) is 2.83. The number of nitrogens with two attached hydrogens (primary N) is 1. The first-order chi connectivity index (χ1) is 18.2. The predicted octanol–water partition coefficient (Wildman–Crippen LogP) is 2.36. The molecule has 0 atom stereocenters. The number of rotatable bonds is 9. The molecule has 39 heavy (non-hydrogen) atoms.